The van der Waals surface area contributed by atoms with E-state index in [9.17, 15) is 4.79 Å². The maximum atomic E-state index is 12.2. The van der Waals surface area contributed by atoms with Crippen LogP contribution in [0.1, 0.15) is 23.3 Å². The summed E-state index contributed by atoms with van der Waals surface area (Å²) in [6, 6.07) is 7.30. The molecule has 6 nitrogen and oxygen atoms in total. The maximum Gasteiger partial charge on any atom is 0.277 e. The van der Waals surface area contributed by atoms with E-state index >= 15 is 0 Å². The number of nitrogens with one attached hydrogen (secondary N) is 1. The van der Waals surface area contributed by atoms with Gasteiger partial charge in [-0.15, -0.1) is 21.5 Å². The van der Waals surface area contributed by atoms with E-state index < -0.39 is 0 Å². The molecule has 0 atom stereocenters. The first-order chi connectivity index (χ1) is 13.2. The number of methoxy groups -OCH3 is 1. The molecule has 1 aliphatic carbocycles. The Morgan fingerprint density at radius 1 is 1.30 bits per heavy atom. The molecule has 3 aromatic rings. The quantitative estimate of drug-likeness (QED) is 0.616. The van der Waals surface area contributed by atoms with E-state index in [-0.39, 0.29) is 11.7 Å². The fourth-order valence-corrected chi connectivity index (χ4v) is 4.79. The van der Waals surface area contributed by atoms with Crippen LogP contribution < -0.4 is 10.1 Å². The molecule has 8 heteroatoms. The summed E-state index contributed by atoms with van der Waals surface area (Å²) in [4.78, 5) is 13.6. The number of ether oxygens (including phenoxy) is 1. The van der Waals surface area contributed by atoms with E-state index in [1.807, 2.05) is 12.1 Å². The number of fused-ring (bicyclic) bond motifs is 1. The average Bonchev–Trinajstić information content (AvgIpc) is 3.33. The molecule has 2 aromatic heterocycles. The summed E-state index contributed by atoms with van der Waals surface area (Å²) in [5, 5.41) is 13.6. The summed E-state index contributed by atoms with van der Waals surface area (Å²) in [5.41, 5.74) is 3.04. The van der Waals surface area contributed by atoms with Gasteiger partial charge in [0.2, 0.25) is 11.8 Å². The summed E-state index contributed by atoms with van der Waals surface area (Å²) in [5.74, 6) is 1.19. The van der Waals surface area contributed by atoms with Gasteiger partial charge in [-0.2, -0.15) is 0 Å². The zero-order chi connectivity index (χ0) is 18.6. The predicted octanol–water partition coefficient (Wildman–Crippen LogP) is 4.42. The Balaban J connectivity index is 1.38. The van der Waals surface area contributed by atoms with Crippen LogP contribution in [0.2, 0.25) is 0 Å². The number of anilines is 1. The molecule has 1 aromatic carbocycles. The van der Waals surface area contributed by atoms with E-state index in [1.165, 1.54) is 35.0 Å². The van der Waals surface area contributed by atoms with Gasteiger partial charge in [0.25, 0.3) is 5.22 Å². The highest BCUT2D eigenvalue weighted by Gasteiger charge is 2.20. The molecule has 0 spiro atoms. The van der Waals surface area contributed by atoms with Gasteiger partial charge in [0, 0.05) is 10.3 Å². The zero-order valence-electron chi connectivity index (χ0n) is 14.9. The van der Waals surface area contributed by atoms with Crippen LogP contribution in [0.3, 0.4) is 0 Å². The number of aromatic nitrogens is 2. The van der Waals surface area contributed by atoms with Crippen molar-refractivity contribution in [1.82, 2.24) is 10.2 Å². The highest BCUT2D eigenvalue weighted by Crippen LogP contribution is 2.36. The Kier molecular flexibility index (Phi) is 5.45. The van der Waals surface area contributed by atoms with E-state index in [1.54, 1.807) is 30.6 Å². The van der Waals surface area contributed by atoms with Crippen molar-refractivity contribution in [3.8, 4) is 17.2 Å². The number of hydrogen-bond donors (Lipinski definition) is 1. The van der Waals surface area contributed by atoms with E-state index in [4.69, 9.17) is 9.15 Å². The number of rotatable bonds is 6. The van der Waals surface area contributed by atoms with Crippen LogP contribution in [0.15, 0.2) is 39.3 Å². The molecular weight excluding hydrogens is 382 g/mol. The number of thioether (sulfide) groups is 1. The van der Waals surface area contributed by atoms with Crippen LogP contribution in [0.4, 0.5) is 5.69 Å². The summed E-state index contributed by atoms with van der Waals surface area (Å²) in [6.07, 6.45) is 4.66. The Morgan fingerprint density at radius 3 is 3.04 bits per heavy atom. The SMILES string of the molecule is COc1ccccc1NC(=O)CSc1nnc(-c2csc3c2CCCC3)o1. The highest BCUT2D eigenvalue weighted by atomic mass is 32.2. The summed E-state index contributed by atoms with van der Waals surface area (Å²) >= 11 is 3.00. The fourth-order valence-electron chi connectivity index (χ4n) is 3.11. The third-order valence-corrected chi connectivity index (χ3v) is 6.31. The maximum absolute atomic E-state index is 12.2. The number of aryl methyl sites for hydroxylation is 1. The van der Waals surface area contributed by atoms with Gasteiger partial charge in [0.05, 0.1) is 24.1 Å². The molecule has 4 rings (SSSR count). The average molecular weight is 402 g/mol. The topological polar surface area (TPSA) is 77.2 Å². The minimum absolute atomic E-state index is 0.155. The predicted molar refractivity (Wildman–Crippen MR) is 107 cm³/mol. The van der Waals surface area contributed by atoms with Gasteiger partial charge in [-0.1, -0.05) is 23.9 Å². The van der Waals surface area contributed by atoms with Crippen molar-refractivity contribution < 1.29 is 13.9 Å². The van der Waals surface area contributed by atoms with Crippen LogP contribution in [-0.2, 0) is 17.6 Å². The van der Waals surface area contributed by atoms with Crippen molar-refractivity contribution >= 4 is 34.7 Å². The molecule has 0 fully saturated rings. The lowest BCUT2D eigenvalue weighted by Crippen LogP contribution is -2.14. The lowest BCUT2D eigenvalue weighted by Gasteiger charge is -2.11. The first-order valence-electron chi connectivity index (χ1n) is 8.73. The lowest BCUT2D eigenvalue weighted by molar-refractivity contribution is -0.113. The molecule has 1 aliphatic rings. The molecule has 27 heavy (non-hydrogen) atoms. The molecule has 0 radical (unpaired) electrons. The van der Waals surface area contributed by atoms with Crippen molar-refractivity contribution in [2.45, 2.75) is 30.9 Å². The Bertz CT molecular complexity index is 951. The second-order valence-corrected chi connectivity index (χ2v) is 8.06. The van der Waals surface area contributed by atoms with E-state index in [2.05, 4.69) is 20.9 Å². The lowest BCUT2D eigenvalue weighted by atomic mass is 9.96. The molecular formula is C19H19N3O3S2. The van der Waals surface area contributed by atoms with Crippen molar-refractivity contribution in [1.29, 1.82) is 0 Å². The third kappa shape index (κ3) is 4.01. The van der Waals surface area contributed by atoms with Gasteiger partial charge in [-0.25, -0.2) is 0 Å². The van der Waals surface area contributed by atoms with Gasteiger partial charge in [0.15, 0.2) is 0 Å². The van der Waals surface area contributed by atoms with Crippen LogP contribution >= 0.6 is 23.1 Å². The summed E-state index contributed by atoms with van der Waals surface area (Å²) in [7, 11) is 1.57. The Hall–Kier alpha value is -2.32. The van der Waals surface area contributed by atoms with Crippen molar-refractivity contribution in [3.63, 3.8) is 0 Å². The Morgan fingerprint density at radius 2 is 2.15 bits per heavy atom. The third-order valence-electron chi connectivity index (χ3n) is 4.41. The molecule has 0 saturated heterocycles. The second kappa shape index (κ2) is 8.14. The van der Waals surface area contributed by atoms with E-state index in [0.29, 0.717) is 22.6 Å². The molecule has 1 amide bonds. The normalized spacial score (nSPS) is 13.2. The molecule has 2 heterocycles. The first-order valence-corrected chi connectivity index (χ1v) is 10.6. The van der Waals surface area contributed by atoms with Crippen molar-refractivity contribution in [3.05, 3.63) is 40.1 Å². The number of benzene rings is 1. The van der Waals surface area contributed by atoms with Crippen LogP contribution in [0.25, 0.3) is 11.5 Å². The number of nitrogens with zero attached hydrogens (tertiary/aromatic N) is 2. The van der Waals surface area contributed by atoms with E-state index in [0.717, 1.165) is 18.4 Å². The first kappa shape index (κ1) is 18.1. The number of carbonyl (C=O) groups excluding carboxylic acids is 1. The molecule has 140 valence electrons. The fraction of sp³-hybridized carbons (Fsp3) is 0.316. The highest BCUT2D eigenvalue weighted by molar-refractivity contribution is 7.99. The smallest absolute Gasteiger partial charge is 0.277 e. The van der Waals surface area contributed by atoms with Crippen molar-refractivity contribution in [2.24, 2.45) is 0 Å². The van der Waals surface area contributed by atoms with Gasteiger partial charge < -0.3 is 14.5 Å². The van der Waals surface area contributed by atoms with Gasteiger partial charge in [-0.3, -0.25) is 4.79 Å². The van der Waals surface area contributed by atoms with Gasteiger partial charge in [0.1, 0.15) is 5.75 Å². The van der Waals surface area contributed by atoms with Crippen LogP contribution in [-0.4, -0.2) is 29.0 Å². The standard InChI is InChI=1S/C19H19N3O3S2/c1-24-15-8-4-3-7-14(15)20-17(23)11-27-19-22-21-18(25-19)13-10-26-16-9-5-2-6-12(13)16/h3-4,7-8,10H,2,5-6,9,11H2,1H3,(H,20,23). The van der Waals surface area contributed by atoms with Crippen molar-refractivity contribution in [2.75, 3.05) is 18.2 Å². The summed E-state index contributed by atoms with van der Waals surface area (Å²) < 4.78 is 11.0. The largest absolute Gasteiger partial charge is 0.495 e. The van der Waals surface area contributed by atoms with Gasteiger partial charge >= 0.3 is 0 Å². The van der Waals surface area contributed by atoms with Crippen LogP contribution in [0.5, 0.6) is 5.75 Å². The Labute approximate surface area is 165 Å². The number of carbonyl (C=O) groups is 1. The van der Waals surface area contributed by atoms with Crippen LogP contribution in [0, 0.1) is 0 Å². The molecule has 0 bridgehead atoms. The van der Waals surface area contributed by atoms with Gasteiger partial charge in [-0.05, 0) is 43.4 Å². The monoisotopic (exact) mass is 401 g/mol. The number of hydrogen-bond acceptors (Lipinski definition) is 7. The molecule has 0 aliphatic heterocycles. The second-order valence-electron chi connectivity index (χ2n) is 6.17. The molecule has 0 saturated carbocycles. The number of thiophene rings is 1. The minimum atomic E-state index is -0.155. The summed E-state index contributed by atoms with van der Waals surface area (Å²) in [6.45, 7) is 0. The number of amides is 1. The number of para-hydroxylation sites is 2. The zero-order valence-corrected chi connectivity index (χ0v) is 16.5. The molecule has 1 N–H and O–H groups in total. The molecule has 0 unspecified atom stereocenters. The minimum Gasteiger partial charge on any atom is -0.495 e.